The average Bonchev–Trinajstić information content (AvgIpc) is 3.53. The minimum absolute atomic E-state index is 0.0554. The van der Waals surface area contributed by atoms with E-state index >= 15 is 4.39 Å². The molecule has 1 aliphatic rings. The van der Waals surface area contributed by atoms with Crippen molar-refractivity contribution in [2.75, 3.05) is 11.9 Å². The smallest absolute Gasteiger partial charge is 0.338 e. The Hall–Kier alpha value is -4.59. The lowest BCUT2D eigenvalue weighted by molar-refractivity contribution is -0.118. The Bertz CT molecular complexity index is 1630. The molecule has 0 aliphatic carbocycles. The van der Waals surface area contributed by atoms with Crippen molar-refractivity contribution in [3.05, 3.63) is 82.1 Å². The molecule has 2 aromatic heterocycles. The van der Waals surface area contributed by atoms with Crippen LogP contribution in [-0.4, -0.2) is 66.9 Å². The van der Waals surface area contributed by atoms with Crippen LogP contribution < -0.4 is 10.9 Å². The molecule has 41 heavy (non-hydrogen) atoms. The molecule has 0 saturated carbocycles. The minimum atomic E-state index is -1.79. The van der Waals surface area contributed by atoms with Gasteiger partial charge in [0.1, 0.15) is 12.0 Å². The highest BCUT2D eigenvalue weighted by Crippen LogP contribution is 2.46. The summed E-state index contributed by atoms with van der Waals surface area (Å²) in [7, 11) is 0. The van der Waals surface area contributed by atoms with Crippen LogP contribution in [0.25, 0.3) is 11.2 Å². The molecule has 2 aromatic carbocycles. The van der Waals surface area contributed by atoms with Crippen molar-refractivity contribution < 1.29 is 28.2 Å². The molecule has 212 valence electrons. The standard InChI is InChI=1S/C27H25FN6O6S/c1-14(2)22(35)30-27-29-21-19(23(36)31-27)32-33-34(21)24-20(40-26(38)16-11-7-4-8-12-16)18(28)17(41-24)13-39-25(37)15-9-5-3-6-10-15/h3-12,14,17-18,20,24H,13H2,1-2H3,(H2,29,30,31,35,36). The number of hydrogen-bond acceptors (Lipinski definition) is 10. The van der Waals surface area contributed by atoms with Crippen LogP contribution in [0.1, 0.15) is 39.9 Å². The summed E-state index contributed by atoms with van der Waals surface area (Å²) in [4.78, 5) is 57.0. The van der Waals surface area contributed by atoms with Crippen molar-refractivity contribution in [2.45, 2.75) is 36.7 Å². The SMILES string of the molecule is CC(C)C(=O)Nc1nc2c(nnn2C2SC(COC(=O)c3ccccc3)C(F)C2OC(=O)c2ccccc2)c(=O)[nH]1. The van der Waals surface area contributed by atoms with E-state index in [-0.39, 0.29) is 35.2 Å². The molecule has 12 nitrogen and oxygen atoms in total. The number of alkyl halides is 1. The number of benzene rings is 2. The zero-order chi connectivity index (χ0) is 29.1. The van der Waals surface area contributed by atoms with Gasteiger partial charge in [0.05, 0.1) is 16.4 Å². The monoisotopic (exact) mass is 580 g/mol. The second kappa shape index (κ2) is 11.9. The lowest BCUT2D eigenvalue weighted by Crippen LogP contribution is -2.35. The molecule has 1 fully saturated rings. The van der Waals surface area contributed by atoms with Crippen LogP contribution in [0.5, 0.6) is 0 Å². The van der Waals surface area contributed by atoms with Crippen LogP contribution in [0.3, 0.4) is 0 Å². The zero-order valence-electron chi connectivity index (χ0n) is 21.9. The van der Waals surface area contributed by atoms with Crippen LogP contribution in [0, 0.1) is 5.92 Å². The molecule has 3 heterocycles. The van der Waals surface area contributed by atoms with Gasteiger partial charge in [0.15, 0.2) is 23.4 Å². The molecule has 4 atom stereocenters. The quantitative estimate of drug-likeness (QED) is 0.297. The highest BCUT2D eigenvalue weighted by Gasteiger charge is 2.50. The summed E-state index contributed by atoms with van der Waals surface area (Å²) in [6, 6.07) is 16.3. The highest BCUT2D eigenvalue weighted by atomic mass is 32.2. The largest absolute Gasteiger partial charge is 0.461 e. The van der Waals surface area contributed by atoms with Gasteiger partial charge in [0.25, 0.3) is 5.56 Å². The van der Waals surface area contributed by atoms with E-state index in [0.717, 1.165) is 11.8 Å². The fourth-order valence-corrected chi connectivity index (χ4v) is 5.49. The Labute approximate surface area is 236 Å². The van der Waals surface area contributed by atoms with E-state index in [1.54, 1.807) is 62.4 Å². The summed E-state index contributed by atoms with van der Waals surface area (Å²) >= 11 is 0.996. The molecule has 4 unspecified atom stereocenters. The lowest BCUT2D eigenvalue weighted by Gasteiger charge is -2.21. The van der Waals surface area contributed by atoms with Crippen LogP contribution in [0.15, 0.2) is 65.5 Å². The summed E-state index contributed by atoms with van der Waals surface area (Å²) in [5.41, 5.74) is -0.377. The number of carbonyl (C=O) groups excluding carboxylic acids is 3. The number of esters is 2. The maximum absolute atomic E-state index is 15.9. The number of carbonyl (C=O) groups is 3. The first-order chi connectivity index (χ1) is 19.7. The van der Waals surface area contributed by atoms with Crippen molar-refractivity contribution in [1.29, 1.82) is 0 Å². The van der Waals surface area contributed by atoms with E-state index in [2.05, 4.69) is 25.6 Å². The van der Waals surface area contributed by atoms with Crippen molar-refractivity contribution in [3.63, 3.8) is 0 Å². The number of hydrogen-bond donors (Lipinski definition) is 2. The number of anilines is 1. The molecule has 2 N–H and O–H groups in total. The Morgan fingerprint density at radius 2 is 1.68 bits per heavy atom. The van der Waals surface area contributed by atoms with E-state index < -0.39 is 46.3 Å². The van der Waals surface area contributed by atoms with Crippen molar-refractivity contribution in [2.24, 2.45) is 5.92 Å². The summed E-state index contributed by atoms with van der Waals surface area (Å²) in [6.07, 6.45) is -3.20. The third kappa shape index (κ3) is 5.96. The van der Waals surface area contributed by atoms with Gasteiger partial charge >= 0.3 is 11.9 Å². The summed E-state index contributed by atoms with van der Waals surface area (Å²) in [6.45, 7) is 3.02. The normalized spacial score (nSPS) is 20.2. The maximum atomic E-state index is 15.9. The number of thioether (sulfide) groups is 1. The molecule has 5 rings (SSSR count). The van der Waals surface area contributed by atoms with E-state index in [1.807, 2.05) is 0 Å². The van der Waals surface area contributed by atoms with Crippen molar-refractivity contribution >= 4 is 46.7 Å². The molecule has 1 aliphatic heterocycles. The topological polar surface area (TPSA) is 158 Å². The number of aromatic nitrogens is 5. The summed E-state index contributed by atoms with van der Waals surface area (Å²) in [5, 5.41) is 8.43. The van der Waals surface area contributed by atoms with Crippen LogP contribution in [-0.2, 0) is 14.3 Å². The van der Waals surface area contributed by atoms with Gasteiger partial charge < -0.3 is 9.47 Å². The van der Waals surface area contributed by atoms with Gasteiger partial charge in [0, 0.05) is 5.92 Å². The molecule has 0 spiro atoms. The van der Waals surface area contributed by atoms with Gasteiger partial charge in [0.2, 0.25) is 11.9 Å². The number of aromatic amines is 1. The Kier molecular flexibility index (Phi) is 8.10. The lowest BCUT2D eigenvalue weighted by atomic mass is 10.1. The average molecular weight is 581 g/mol. The van der Waals surface area contributed by atoms with E-state index in [9.17, 15) is 19.2 Å². The molecule has 1 amide bonds. The summed E-state index contributed by atoms with van der Waals surface area (Å²) < 4.78 is 28.1. The predicted octanol–water partition coefficient (Wildman–Crippen LogP) is 3.14. The first-order valence-corrected chi connectivity index (χ1v) is 13.6. The number of H-pyrrole nitrogens is 1. The predicted molar refractivity (Wildman–Crippen MR) is 147 cm³/mol. The molecule has 4 aromatic rings. The van der Waals surface area contributed by atoms with Crippen LogP contribution in [0.2, 0.25) is 0 Å². The maximum Gasteiger partial charge on any atom is 0.338 e. The van der Waals surface area contributed by atoms with Gasteiger partial charge in [-0.3, -0.25) is 19.9 Å². The number of halogens is 1. The van der Waals surface area contributed by atoms with E-state index in [1.165, 1.54) is 16.8 Å². The van der Waals surface area contributed by atoms with Crippen molar-refractivity contribution in [1.82, 2.24) is 25.0 Å². The molecule has 14 heteroatoms. The number of nitrogens with zero attached hydrogens (tertiary/aromatic N) is 4. The van der Waals surface area contributed by atoms with Crippen LogP contribution in [0.4, 0.5) is 10.3 Å². The molecule has 0 bridgehead atoms. The number of fused-ring (bicyclic) bond motifs is 1. The van der Waals surface area contributed by atoms with Gasteiger partial charge in [-0.15, -0.1) is 16.9 Å². The van der Waals surface area contributed by atoms with E-state index in [0.29, 0.717) is 5.56 Å². The van der Waals surface area contributed by atoms with Crippen LogP contribution >= 0.6 is 11.8 Å². The number of ether oxygens (including phenoxy) is 2. The number of amides is 1. The molecule has 0 radical (unpaired) electrons. The first kappa shape index (κ1) is 28.0. The Balaban J connectivity index is 1.46. The third-order valence-corrected chi connectivity index (χ3v) is 7.74. The highest BCUT2D eigenvalue weighted by molar-refractivity contribution is 8.00. The number of rotatable bonds is 8. The molecular weight excluding hydrogens is 555 g/mol. The third-order valence-electron chi connectivity index (χ3n) is 6.25. The minimum Gasteiger partial charge on any atom is -0.461 e. The van der Waals surface area contributed by atoms with Gasteiger partial charge in [-0.1, -0.05) is 55.5 Å². The first-order valence-electron chi connectivity index (χ1n) is 12.7. The van der Waals surface area contributed by atoms with Gasteiger partial charge in [-0.25, -0.2) is 18.7 Å². The van der Waals surface area contributed by atoms with Crippen molar-refractivity contribution in [3.8, 4) is 0 Å². The fraction of sp³-hybridized carbons (Fsp3) is 0.296. The van der Waals surface area contributed by atoms with E-state index in [4.69, 9.17) is 9.47 Å². The second-order valence-electron chi connectivity index (χ2n) is 9.47. The van der Waals surface area contributed by atoms with Gasteiger partial charge in [-0.05, 0) is 24.3 Å². The fourth-order valence-electron chi connectivity index (χ4n) is 4.06. The Morgan fingerprint density at radius 3 is 2.32 bits per heavy atom. The Morgan fingerprint density at radius 1 is 1.05 bits per heavy atom. The summed E-state index contributed by atoms with van der Waals surface area (Å²) in [5.74, 6) is -2.33. The molecular formula is C27H25FN6O6S. The second-order valence-corrected chi connectivity index (χ2v) is 10.8. The molecule has 1 saturated heterocycles. The zero-order valence-corrected chi connectivity index (χ0v) is 22.7. The number of nitrogens with one attached hydrogen (secondary N) is 2. The van der Waals surface area contributed by atoms with Gasteiger partial charge in [-0.2, -0.15) is 4.98 Å².